The highest BCUT2D eigenvalue weighted by Gasteiger charge is 2.21. The molecule has 13 heavy (non-hydrogen) atoms. The molecule has 1 heterocycles. The number of azide groups is 1. The molecule has 1 atom stereocenters. The van der Waals surface area contributed by atoms with Crippen molar-refractivity contribution in [3.8, 4) is 0 Å². The van der Waals surface area contributed by atoms with Crippen molar-refractivity contribution in [3.63, 3.8) is 0 Å². The van der Waals surface area contributed by atoms with Gasteiger partial charge in [-0.2, -0.15) is 0 Å². The summed E-state index contributed by atoms with van der Waals surface area (Å²) in [5.41, 5.74) is 7.99. The molecule has 1 fully saturated rings. The van der Waals surface area contributed by atoms with Crippen LogP contribution in [0.15, 0.2) is 5.11 Å². The lowest BCUT2D eigenvalue weighted by atomic mass is 10.2. The Morgan fingerprint density at radius 3 is 3.00 bits per heavy atom. The SMILES string of the molecule is [N-]=[N+]=NCCCCCOCC1CO1. The quantitative estimate of drug-likeness (QED) is 0.190. The minimum absolute atomic E-state index is 0.364. The van der Waals surface area contributed by atoms with E-state index in [0.717, 1.165) is 39.1 Å². The molecule has 74 valence electrons. The van der Waals surface area contributed by atoms with Gasteiger partial charge in [0.25, 0.3) is 0 Å². The molecule has 5 nitrogen and oxygen atoms in total. The summed E-state index contributed by atoms with van der Waals surface area (Å²) in [6.07, 6.45) is 3.41. The minimum atomic E-state index is 0.364. The van der Waals surface area contributed by atoms with Gasteiger partial charge in [0.05, 0.1) is 13.2 Å². The van der Waals surface area contributed by atoms with E-state index in [1.807, 2.05) is 0 Å². The van der Waals surface area contributed by atoms with Crippen LogP contribution in [0.5, 0.6) is 0 Å². The van der Waals surface area contributed by atoms with E-state index < -0.39 is 0 Å². The predicted octanol–water partition coefficient (Wildman–Crippen LogP) is 1.88. The molecule has 0 bridgehead atoms. The van der Waals surface area contributed by atoms with Crippen LogP contribution in [0.4, 0.5) is 0 Å². The van der Waals surface area contributed by atoms with Crippen LogP contribution < -0.4 is 0 Å². The largest absolute Gasteiger partial charge is 0.379 e. The summed E-state index contributed by atoms with van der Waals surface area (Å²) in [7, 11) is 0. The fraction of sp³-hybridized carbons (Fsp3) is 1.00. The topological polar surface area (TPSA) is 70.5 Å². The minimum Gasteiger partial charge on any atom is -0.379 e. The third-order valence-corrected chi connectivity index (χ3v) is 1.82. The number of nitrogens with zero attached hydrogens (tertiary/aromatic N) is 3. The standard InChI is InChI=1S/C8H15N3O2/c9-11-10-4-2-1-3-5-12-6-8-7-13-8/h8H,1-7H2. The van der Waals surface area contributed by atoms with Gasteiger partial charge in [-0.15, -0.1) is 0 Å². The van der Waals surface area contributed by atoms with Crippen LogP contribution in [-0.4, -0.2) is 32.5 Å². The molecule has 1 aliphatic rings. The highest BCUT2D eigenvalue weighted by Crippen LogP contribution is 2.08. The van der Waals surface area contributed by atoms with Gasteiger partial charge in [-0.3, -0.25) is 0 Å². The smallest absolute Gasteiger partial charge is 0.104 e. The first-order valence-corrected chi connectivity index (χ1v) is 4.63. The molecule has 1 rings (SSSR count). The summed E-state index contributed by atoms with van der Waals surface area (Å²) in [5.74, 6) is 0. The third kappa shape index (κ3) is 6.40. The summed E-state index contributed by atoms with van der Waals surface area (Å²) < 4.78 is 10.3. The van der Waals surface area contributed by atoms with Gasteiger partial charge in [-0.25, -0.2) is 0 Å². The maximum absolute atomic E-state index is 7.99. The highest BCUT2D eigenvalue weighted by atomic mass is 16.6. The Bertz CT molecular complexity index is 176. The molecule has 0 spiro atoms. The summed E-state index contributed by atoms with van der Waals surface area (Å²) in [5, 5.41) is 3.45. The normalized spacial score (nSPS) is 19.5. The van der Waals surface area contributed by atoms with Gasteiger partial charge < -0.3 is 9.47 Å². The first-order valence-electron chi connectivity index (χ1n) is 4.63. The van der Waals surface area contributed by atoms with Crippen LogP contribution in [-0.2, 0) is 9.47 Å². The summed E-state index contributed by atoms with van der Waals surface area (Å²) in [6.45, 7) is 2.98. The van der Waals surface area contributed by atoms with Gasteiger partial charge in [-0.05, 0) is 18.4 Å². The van der Waals surface area contributed by atoms with Crippen molar-refractivity contribution < 1.29 is 9.47 Å². The van der Waals surface area contributed by atoms with Gasteiger partial charge in [0.2, 0.25) is 0 Å². The van der Waals surface area contributed by atoms with Crippen LogP contribution in [0.25, 0.3) is 10.4 Å². The van der Waals surface area contributed by atoms with Crippen LogP contribution >= 0.6 is 0 Å². The van der Waals surface area contributed by atoms with Crippen LogP contribution in [0.2, 0.25) is 0 Å². The number of unbranched alkanes of at least 4 members (excludes halogenated alkanes) is 2. The average Bonchev–Trinajstić information content (AvgIpc) is 2.93. The van der Waals surface area contributed by atoms with Crippen LogP contribution in [0.1, 0.15) is 19.3 Å². The van der Waals surface area contributed by atoms with E-state index in [2.05, 4.69) is 10.0 Å². The molecule has 0 aliphatic carbocycles. The summed E-state index contributed by atoms with van der Waals surface area (Å²) in [4.78, 5) is 2.68. The molecule has 0 amide bonds. The molecule has 0 radical (unpaired) electrons. The van der Waals surface area contributed by atoms with E-state index in [-0.39, 0.29) is 0 Å². The second-order valence-corrected chi connectivity index (χ2v) is 3.05. The van der Waals surface area contributed by atoms with Gasteiger partial charge >= 0.3 is 0 Å². The Labute approximate surface area is 77.6 Å². The van der Waals surface area contributed by atoms with Crippen LogP contribution in [0, 0.1) is 0 Å². The molecular formula is C8H15N3O2. The fourth-order valence-electron chi connectivity index (χ4n) is 0.987. The monoisotopic (exact) mass is 185 g/mol. The molecule has 0 N–H and O–H groups in total. The lowest BCUT2D eigenvalue weighted by Crippen LogP contribution is -2.02. The zero-order chi connectivity index (χ0) is 9.36. The van der Waals surface area contributed by atoms with Gasteiger partial charge in [0.1, 0.15) is 6.10 Å². The van der Waals surface area contributed by atoms with Crippen molar-refractivity contribution in [1.29, 1.82) is 0 Å². The Morgan fingerprint density at radius 2 is 2.31 bits per heavy atom. The van der Waals surface area contributed by atoms with Gasteiger partial charge in [-0.1, -0.05) is 11.5 Å². The number of hydrogen-bond acceptors (Lipinski definition) is 3. The molecule has 5 heteroatoms. The van der Waals surface area contributed by atoms with E-state index in [1.165, 1.54) is 0 Å². The molecular weight excluding hydrogens is 170 g/mol. The fourth-order valence-corrected chi connectivity index (χ4v) is 0.987. The van der Waals surface area contributed by atoms with E-state index in [0.29, 0.717) is 12.6 Å². The Kier molecular flexibility index (Phi) is 5.33. The van der Waals surface area contributed by atoms with E-state index in [9.17, 15) is 0 Å². The first-order chi connectivity index (χ1) is 6.43. The van der Waals surface area contributed by atoms with E-state index in [4.69, 9.17) is 15.0 Å². The Hall–Kier alpha value is -0.770. The lowest BCUT2D eigenvalue weighted by molar-refractivity contribution is 0.113. The van der Waals surface area contributed by atoms with Crippen LogP contribution in [0.3, 0.4) is 0 Å². The maximum Gasteiger partial charge on any atom is 0.104 e. The molecule has 1 saturated heterocycles. The second-order valence-electron chi connectivity index (χ2n) is 3.05. The van der Waals surface area contributed by atoms with Gasteiger partial charge in [0.15, 0.2) is 0 Å². The molecule has 1 unspecified atom stereocenters. The third-order valence-electron chi connectivity index (χ3n) is 1.82. The van der Waals surface area contributed by atoms with E-state index in [1.54, 1.807) is 0 Å². The lowest BCUT2D eigenvalue weighted by Gasteiger charge is -2.00. The highest BCUT2D eigenvalue weighted by molar-refractivity contribution is 4.66. The molecule has 0 aromatic rings. The van der Waals surface area contributed by atoms with Gasteiger partial charge in [0, 0.05) is 18.1 Å². The zero-order valence-electron chi connectivity index (χ0n) is 7.69. The second kappa shape index (κ2) is 6.71. The van der Waals surface area contributed by atoms with Crippen molar-refractivity contribution in [2.75, 3.05) is 26.4 Å². The van der Waals surface area contributed by atoms with Crippen molar-refractivity contribution >= 4 is 0 Å². The number of hydrogen-bond donors (Lipinski definition) is 0. The first kappa shape index (κ1) is 10.3. The maximum atomic E-state index is 7.99. The summed E-state index contributed by atoms with van der Waals surface area (Å²) in [6, 6.07) is 0. The Morgan fingerprint density at radius 1 is 1.46 bits per heavy atom. The molecule has 0 saturated carbocycles. The van der Waals surface area contributed by atoms with Crippen molar-refractivity contribution in [1.82, 2.24) is 0 Å². The molecule has 0 aromatic carbocycles. The van der Waals surface area contributed by atoms with E-state index >= 15 is 0 Å². The zero-order valence-corrected chi connectivity index (χ0v) is 7.69. The molecule has 0 aromatic heterocycles. The Balaban J connectivity index is 1.70. The number of rotatable bonds is 8. The number of epoxide rings is 1. The molecule has 1 aliphatic heterocycles. The predicted molar refractivity (Wildman–Crippen MR) is 48.4 cm³/mol. The average molecular weight is 185 g/mol. The number of ether oxygens (including phenoxy) is 2. The summed E-state index contributed by atoms with van der Waals surface area (Å²) >= 11 is 0. The van der Waals surface area contributed by atoms with Crippen molar-refractivity contribution in [2.45, 2.75) is 25.4 Å². The van der Waals surface area contributed by atoms with Crippen molar-refractivity contribution in [2.24, 2.45) is 5.11 Å². The van der Waals surface area contributed by atoms with Crippen molar-refractivity contribution in [3.05, 3.63) is 10.4 Å².